The summed E-state index contributed by atoms with van der Waals surface area (Å²) in [7, 11) is 0. The Morgan fingerprint density at radius 3 is 2.81 bits per heavy atom. The van der Waals surface area contributed by atoms with Crippen LogP contribution in [0.15, 0.2) is 37.0 Å². The number of aromatic nitrogens is 1. The molecule has 1 aromatic carbocycles. The molecule has 1 unspecified atom stereocenters. The predicted molar refractivity (Wildman–Crippen MR) is 97.1 cm³/mol. The molecule has 1 atom stereocenters. The second-order valence-electron chi connectivity index (χ2n) is 5.40. The number of nitrogens with two attached hydrogens (primary N) is 2. The van der Waals surface area contributed by atoms with Gasteiger partial charge in [-0.2, -0.15) is 0 Å². The van der Waals surface area contributed by atoms with Crippen LogP contribution in [0.4, 0.5) is 15.9 Å². The summed E-state index contributed by atoms with van der Waals surface area (Å²) in [6.45, 7) is 3.63. The molecule has 0 bridgehead atoms. The van der Waals surface area contributed by atoms with Gasteiger partial charge >= 0.3 is 0 Å². The molecule has 1 amide bonds. The number of hydrogen-bond donors (Lipinski definition) is 3. The smallest absolute Gasteiger partial charge is 0.241 e. The normalized spacial score (nSPS) is 11.5. The maximum Gasteiger partial charge on any atom is 0.241 e. The van der Waals surface area contributed by atoms with Crippen LogP contribution in [-0.2, 0) is 9.59 Å². The highest BCUT2D eigenvalue weighted by atomic mass is 19.1. The fourth-order valence-electron chi connectivity index (χ4n) is 2.16. The van der Waals surface area contributed by atoms with Crippen molar-refractivity contribution >= 4 is 29.8 Å². The molecule has 0 saturated heterocycles. The van der Waals surface area contributed by atoms with E-state index >= 15 is 0 Å². The van der Waals surface area contributed by atoms with E-state index < -0.39 is 17.8 Å². The van der Waals surface area contributed by atoms with Crippen molar-refractivity contribution in [2.24, 2.45) is 5.73 Å². The van der Waals surface area contributed by atoms with E-state index in [1.54, 1.807) is 0 Å². The van der Waals surface area contributed by atoms with Crippen LogP contribution in [0.5, 0.6) is 11.5 Å². The number of ether oxygens (including phenoxy) is 1. The average molecular weight is 358 g/mol. The number of amides is 1. The third-order valence-electron chi connectivity index (χ3n) is 3.54. The number of pyridine rings is 1. The van der Waals surface area contributed by atoms with Crippen molar-refractivity contribution in [3.8, 4) is 11.5 Å². The number of rotatable bonds is 8. The maximum absolute atomic E-state index is 14.3. The molecule has 0 saturated carbocycles. The fraction of sp³-hybridized carbons (Fsp3) is 0.167. The van der Waals surface area contributed by atoms with Gasteiger partial charge < -0.3 is 26.3 Å². The van der Waals surface area contributed by atoms with E-state index in [0.29, 0.717) is 17.6 Å². The van der Waals surface area contributed by atoms with Crippen LogP contribution in [0.2, 0.25) is 0 Å². The molecule has 2 rings (SSSR count). The summed E-state index contributed by atoms with van der Waals surface area (Å²) in [5.74, 6) is -0.724. The summed E-state index contributed by atoms with van der Waals surface area (Å²) >= 11 is 0. The maximum atomic E-state index is 14.3. The highest BCUT2D eigenvalue weighted by Gasteiger charge is 2.15. The molecule has 136 valence electrons. The number of nitrogen functional groups attached to an aromatic ring is 1. The standard InChI is InChI=1S/C18H19FN4O3/c1-2-12-15(7-8-22-17(12)21)26-16-6-5-11(10-13(16)19)23-18(25)14(20)4-3-9-24/h2,5-10,14H,1,3-4,20H2,(H2,21,22)(H,23,25). The van der Waals surface area contributed by atoms with E-state index in [1.165, 1.54) is 30.5 Å². The molecule has 0 aliphatic heterocycles. The van der Waals surface area contributed by atoms with E-state index in [1.807, 2.05) is 0 Å². The topological polar surface area (TPSA) is 120 Å². The third kappa shape index (κ3) is 4.64. The Labute approximate surface area is 149 Å². The van der Waals surface area contributed by atoms with Gasteiger partial charge in [0.1, 0.15) is 17.9 Å². The van der Waals surface area contributed by atoms with Gasteiger partial charge in [0.15, 0.2) is 11.6 Å². The van der Waals surface area contributed by atoms with Gasteiger partial charge in [0.2, 0.25) is 5.91 Å². The number of carbonyl (C=O) groups excluding carboxylic acids is 2. The minimum Gasteiger partial charge on any atom is -0.453 e. The molecule has 1 heterocycles. The van der Waals surface area contributed by atoms with Crippen molar-refractivity contribution < 1.29 is 18.7 Å². The van der Waals surface area contributed by atoms with Crippen molar-refractivity contribution in [3.63, 3.8) is 0 Å². The summed E-state index contributed by atoms with van der Waals surface area (Å²) in [5.41, 5.74) is 12.1. The van der Waals surface area contributed by atoms with Crippen LogP contribution in [0.3, 0.4) is 0 Å². The number of aldehydes is 1. The van der Waals surface area contributed by atoms with Gasteiger partial charge in [-0.25, -0.2) is 9.37 Å². The second-order valence-corrected chi connectivity index (χ2v) is 5.40. The average Bonchev–Trinajstić information content (AvgIpc) is 2.62. The third-order valence-corrected chi connectivity index (χ3v) is 3.54. The first-order valence-corrected chi connectivity index (χ1v) is 7.80. The number of nitrogens with one attached hydrogen (secondary N) is 1. The zero-order chi connectivity index (χ0) is 19.1. The summed E-state index contributed by atoms with van der Waals surface area (Å²) in [6.07, 6.45) is 3.97. The lowest BCUT2D eigenvalue weighted by molar-refractivity contribution is -0.117. The van der Waals surface area contributed by atoms with Crippen LogP contribution in [0, 0.1) is 5.82 Å². The Kier molecular flexibility index (Phi) is 6.40. The van der Waals surface area contributed by atoms with Crippen LogP contribution >= 0.6 is 0 Å². The first kappa shape index (κ1) is 19.1. The highest BCUT2D eigenvalue weighted by molar-refractivity contribution is 5.94. The van der Waals surface area contributed by atoms with Crippen LogP contribution in [-0.4, -0.2) is 23.2 Å². The zero-order valence-electron chi connectivity index (χ0n) is 13.9. The Balaban J connectivity index is 2.13. The minimum absolute atomic E-state index is 0.0537. The molecule has 1 aromatic heterocycles. The molecule has 0 aliphatic carbocycles. The largest absolute Gasteiger partial charge is 0.453 e. The molecule has 0 aliphatic rings. The molecule has 5 N–H and O–H groups in total. The van der Waals surface area contributed by atoms with Gasteiger partial charge in [-0.3, -0.25) is 4.79 Å². The molecule has 7 nitrogen and oxygen atoms in total. The first-order chi connectivity index (χ1) is 12.5. The number of nitrogens with zero attached hydrogens (tertiary/aromatic N) is 1. The SMILES string of the molecule is C=Cc1c(Oc2ccc(NC(=O)C(N)CCC=O)cc2F)ccnc1N. The molecule has 0 radical (unpaired) electrons. The number of carbonyl (C=O) groups is 2. The summed E-state index contributed by atoms with van der Waals surface area (Å²) in [5, 5.41) is 2.49. The zero-order valence-corrected chi connectivity index (χ0v) is 13.9. The quantitative estimate of drug-likeness (QED) is 0.624. The van der Waals surface area contributed by atoms with Crippen LogP contribution in [0.25, 0.3) is 6.08 Å². The Morgan fingerprint density at radius 2 is 2.15 bits per heavy atom. The molecule has 0 spiro atoms. The first-order valence-electron chi connectivity index (χ1n) is 7.80. The van der Waals surface area contributed by atoms with E-state index in [-0.39, 0.29) is 30.1 Å². The lowest BCUT2D eigenvalue weighted by Crippen LogP contribution is -2.35. The Bertz CT molecular complexity index is 826. The van der Waals surface area contributed by atoms with E-state index in [4.69, 9.17) is 16.2 Å². The van der Waals surface area contributed by atoms with Crippen molar-refractivity contribution in [1.29, 1.82) is 0 Å². The summed E-state index contributed by atoms with van der Waals surface area (Å²) in [6, 6.07) is 4.63. The van der Waals surface area contributed by atoms with Crippen molar-refractivity contribution in [2.75, 3.05) is 11.1 Å². The second kappa shape index (κ2) is 8.72. The van der Waals surface area contributed by atoms with Crippen molar-refractivity contribution in [2.45, 2.75) is 18.9 Å². The van der Waals surface area contributed by atoms with E-state index in [0.717, 1.165) is 6.07 Å². The lowest BCUT2D eigenvalue weighted by atomic mass is 10.1. The Hall–Kier alpha value is -3.26. The van der Waals surface area contributed by atoms with Crippen LogP contribution in [0.1, 0.15) is 18.4 Å². The van der Waals surface area contributed by atoms with Gasteiger partial charge in [-0.05, 0) is 24.6 Å². The van der Waals surface area contributed by atoms with Gasteiger partial charge in [0, 0.05) is 24.4 Å². The lowest BCUT2D eigenvalue weighted by Gasteiger charge is -2.13. The van der Waals surface area contributed by atoms with Crippen molar-refractivity contribution in [3.05, 3.63) is 48.4 Å². The molecular formula is C18H19FN4O3. The summed E-state index contributed by atoms with van der Waals surface area (Å²) < 4.78 is 19.8. The van der Waals surface area contributed by atoms with E-state index in [9.17, 15) is 14.0 Å². The van der Waals surface area contributed by atoms with E-state index in [2.05, 4.69) is 16.9 Å². The number of benzene rings is 1. The number of halogens is 1. The molecular weight excluding hydrogens is 339 g/mol. The highest BCUT2D eigenvalue weighted by Crippen LogP contribution is 2.31. The predicted octanol–water partition coefficient (Wildman–Crippen LogP) is 2.48. The Morgan fingerprint density at radius 1 is 1.38 bits per heavy atom. The van der Waals surface area contributed by atoms with Gasteiger partial charge in [0.25, 0.3) is 0 Å². The number of hydrogen-bond acceptors (Lipinski definition) is 6. The molecule has 2 aromatic rings. The summed E-state index contributed by atoms with van der Waals surface area (Å²) in [4.78, 5) is 26.1. The van der Waals surface area contributed by atoms with Gasteiger partial charge in [-0.1, -0.05) is 12.7 Å². The fourth-order valence-corrected chi connectivity index (χ4v) is 2.16. The van der Waals surface area contributed by atoms with Crippen LogP contribution < -0.4 is 21.5 Å². The van der Waals surface area contributed by atoms with Crippen molar-refractivity contribution in [1.82, 2.24) is 4.98 Å². The molecule has 26 heavy (non-hydrogen) atoms. The number of anilines is 2. The molecule has 8 heteroatoms. The van der Waals surface area contributed by atoms with Gasteiger partial charge in [0.05, 0.1) is 11.6 Å². The molecule has 0 fully saturated rings. The monoisotopic (exact) mass is 358 g/mol. The minimum atomic E-state index is -0.853. The van der Waals surface area contributed by atoms with Gasteiger partial charge in [-0.15, -0.1) is 0 Å².